The third-order valence-corrected chi connectivity index (χ3v) is 6.04. The van der Waals surface area contributed by atoms with Gasteiger partial charge in [0, 0.05) is 24.1 Å². The number of carbonyl (C=O) groups excluding carboxylic acids is 1. The third kappa shape index (κ3) is 6.70. The van der Waals surface area contributed by atoms with Crippen LogP contribution in [-0.4, -0.2) is 23.0 Å². The molecule has 9 heteroatoms. The number of nitrogens with zero attached hydrogens (tertiary/aromatic N) is 2. The quantitative estimate of drug-likeness (QED) is 0.165. The molecule has 178 valence electrons. The Kier molecular flexibility index (Phi) is 7.79. The fourth-order valence-corrected chi connectivity index (χ4v) is 3.97. The van der Waals surface area contributed by atoms with Crippen LogP contribution in [0.15, 0.2) is 84.1 Å². The van der Waals surface area contributed by atoms with E-state index in [1.807, 2.05) is 42.5 Å². The number of hydrogen-bond acceptors (Lipinski definition) is 7. The minimum Gasteiger partial charge on any atom is -0.497 e. The molecule has 0 aliphatic carbocycles. The number of benzene rings is 3. The summed E-state index contributed by atoms with van der Waals surface area (Å²) in [7, 11) is 1.64. The minimum atomic E-state index is -0.454. The number of ether oxygens (including phenoxy) is 1. The standard InChI is InChI=1S/C26H24FN5O2S/c1-34-21-9-4-17(5-10-21)15-30-24-12-13-29-26(32-24)35-16-18-2-6-19(7-3-18)25(33)31-23-11-8-20(27)14-22(23)28/h2-14H,15-16,28H2,1H3,(H,31,33)(H,29,30,32). The van der Waals surface area contributed by atoms with E-state index in [2.05, 4.69) is 20.6 Å². The summed E-state index contributed by atoms with van der Waals surface area (Å²) >= 11 is 1.50. The second kappa shape index (κ2) is 11.3. The number of amides is 1. The van der Waals surface area contributed by atoms with E-state index in [0.29, 0.717) is 28.7 Å². The summed E-state index contributed by atoms with van der Waals surface area (Å²) in [6.45, 7) is 0.637. The summed E-state index contributed by atoms with van der Waals surface area (Å²) in [5.74, 6) is 1.44. The monoisotopic (exact) mass is 489 g/mol. The highest BCUT2D eigenvalue weighted by molar-refractivity contribution is 7.98. The Morgan fingerprint density at radius 2 is 1.77 bits per heavy atom. The first kappa shape index (κ1) is 24.0. The summed E-state index contributed by atoms with van der Waals surface area (Å²) in [6, 6.07) is 20.8. The topological polar surface area (TPSA) is 102 Å². The summed E-state index contributed by atoms with van der Waals surface area (Å²) < 4.78 is 18.4. The average Bonchev–Trinajstić information content (AvgIpc) is 2.88. The number of carbonyl (C=O) groups is 1. The van der Waals surface area contributed by atoms with Crippen molar-refractivity contribution in [3.05, 3.63) is 102 Å². The van der Waals surface area contributed by atoms with Crippen LogP contribution in [0.1, 0.15) is 21.5 Å². The Morgan fingerprint density at radius 3 is 2.49 bits per heavy atom. The van der Waals surface area contributed by atoms with Crippen LogP contribution in [0.2, 0.25) is 0 Å². The van der Waals surface area contributed by atoms with Gasteiger partial charge in [0.05, 0.1) is 18.5 Å². The van der Waals surface area contributed by atoms with Crippen LogP contribution in [0, 0.1) is 5.82 Å². The summed E-state index contributed by atoms with van der Waals surface area (Å²) in [4.78, 5) is 21.4. The molecule has 3 aromatic carbocycles. The molecule has 7 nitrogen and oxygen atoms in total. The molecular weight excluding hydrogens is 465 g/mol. The number of anilines is 3. The van der Waals surface area contributed by atoms with Crippen LogP contribution >= 0.6 is 11.8 Å². The molecule has 0 saturated carbocycles. The average molecular weight is 490 g/mol. The Bertz CT molecular complexity index is 1300. The van der Waals surface area contributed by atoms with E-state index in [4.69, 9.17) is 10.5 Å². The molecule has 0 unspecified atom stereocenters. The zero-order valence-electron chi connectivity index (χ0n) is 19.0. The van der Waals surface area contributed by atoms with E-state index in [-0.39, 0.29) is 11.6 Å². The number of aromatic nitrogens is 2. The van der Waals surface area contributed by atoms with Gasteiger partial charge in [0.2, 0.25) is 0 Å². The highest BCUT2D eigenvalue weighted by atomic mass is 32.2. The van der Waals surface area contributed by atoms with Gasteiger partial charge in [0.25, 0.3) is 5.91 Å². The molecule has 0 aliphatic heterocycles. The minimum absolute atomic E-state index is 0.173. The van der Waals surface area contributed by atoms with Crippen LogP contribution in [0.5, 0.6) is 5.75 Å². The van der Waals surface area contributed by atoms with Gasteiger partial charge in [-0.2, -0.15) is 0 Å². The predicted molar refractivity (Wildman–Crippen MR) is 137 cm³/mol. The van der Waals surface area contributed by atoms with Gasteiger partial charge in [-0.25, -0.2) is 14.4 Å². The molecular formula is C26H24FN5O2S. The highest BCUT2D eigenvalue weighted by Crippen LogP contribution is 2.23. The Balaban J connectivity index is 1.30. The van der Waals surface area contributed by atoms with Crippen molar-refractivity contribution in [2.24, 2.45) is 0 Å². The number of methoxy groups -OCH3 is 1. The molecule has 4 aromatic rings. The number of halogens is 1. The molecule has 4 N–H and O–H groups in total. The zero-order chi connectivity index (χ0) is 24.6. The van der Waals surface area contributed by atoms with Crippen LogP contribution in [-0.2, 0) is 12.3 Å². The van der Waals surface area contributed by atoms with Crippen molar-refractivity contribution >= 4 is 34.9 Å². The van der Waals surface area contributed by atoms with Crippen molar-refractivity contribution in [1.82, 2.24) is 9.97 Å². The molecule has 0 atom stereocenters. The van der Waals surface area contributed by atoms with Crippen LogP contribution in [0.4, 0.5) is 21.6 Å². The molecule has 0 saturated heterocycles. The summed E-state index contributed by atoms with van der Waals surface area (Å²) in [5, 5.41) is 6.65. The van der Waals surface area contributed by atoms with Gasteiger partial charge in [0.1, 0.15) is 17.4 Å². The van der Waals surface area contributed by atoms with Gasteiger partial charge >= 0.3 is 0 Å². The van der Waals surface area contributed by atoms with Gasteiger partial charge in [0.15, 0.2) is 5.16 Å². The van der Waals surface area contributed by atoms with E-state index in [0.717, 1.165) is 22.7 Å². The van der Waals surface area contributed by atoms with Crippen molar-refractivity contribution < 1.29 is 13.9 Å². The predicted octanol–water partition coefficient (Wildman–Crippen LogP) is 5.36. The Morgan fingerprint density at radius 1 is 1.03 bits per heavy atom. The second-order valence-corrected chi connectivity index (χ2v) is 8.54. The first-order chi connectivity index (χ1) is 17.0. The fraction of sp³-hybridized carbons (Fsp3) is 0.115. The maximum Gasteiger partial charge on any atom is 0.255 e. The summed E-state index contributed by atoms with van der Waals surface area (Å²) in [5.41, 5.74) is 8.91. The lowest BCUT2D eigenvalue weighted by molar-refractivity contribution is 0.102. The maximum absolute atomic E-state index is 13.2. The van der Waals surface area contributed by atoms with E-state index in [9.17, 15) is 9.18 Å². The molecule has 0 radical (unpaired) electrons. The largest absolute Gasteiger partial charge is 0.497 e. The van der Waals surface area contributed by atoms with E-state index < -0.39 is 5.82 Å². The molecule has 0 spiro atoms. The van der Waals surface area contributed by atoms with Crippen LogP contribution in [0.3, 0.4) is 0 Å². The second-order valence-electron chi connectivity index (χ2n) is 7.60. The Labute approximate surface area is 207 Å². The molecule has 1 aromatic heterocycles. The lowest BCUT2D eigenvalue weighted by atomic mass is 10.1. The van der Waals surface area contributed by atoms with Crippen molar-refractivity contribution in [2.75, 3.05) is 23.5 Å². The van der Waals surface area contributed by atoms with E-state index in [1.54, 1.807) is 25.4 Å². The number of nitrogens with one attached hydrogen (secondary N) is 2. The first-order valence-corrected chi connectivity index (χ1v) is 11.8. The number of nitrogen functional groups attached to an aromatic ring is 1. The zero-order valence-corrected chi connectivity index (χ0v) is 19.8. The van der Waals surface area contributed by atoms with E-state index in [1.165, 1.54) is 30.0 Å². The molecule has 35 heavy (non-hydrogen) atoms. The Hall–Kier alpha value is -4.11. The first-order valence-electron chi connectivity index (χ1n) is 10.8. The smallest absolute Gasteiger partial charge is 0.255 e. The number of thioether (sulfide) groups is 1. The SMILES string of the molecule is COc1ccc(CNc2ccnc(SCc3ccc(C(=O)Nc4ccc(F)cc4N)cc3)n2)cc1. The van der Waals surface area contributed by atoms with Crippen LogP contribution < -0.4 is 21.1 Å². The maximum atomic E-state index is 13.2. The van der Waals surface area contributed by atoms with Crippen molar-refractivity contribution in [3.8, 4) is 5.75 Å². The molecule has 0 fully saturated rings. The van der Waals surface area contributed by atoms with Crippen molar-refractivity contribution in [2.45, 2.75) is 17.5 Å². The number of nitrogens with two attached hydrogens (primary N) is 1. The van der Waals surface area contributed by atoms with Gasteiger partial charge in [-0.15, -0.1) is 0 Å². The molecule has 0 bridgehead atoms. The molecule has 4 rings (SSSR count). The third-order valence-electron chi connectivity index (χ3n) is 5.11. The highest BCUT2D eigenvalue weighted by Gasteiger charge is 2.09. The number of hydrogen-bond donors (Lipinski definition) is 3. The molecule has 1 amide bonds. The van der Waals surface area contributed by atoms with Gasteiger partial charge in [-0.1, -0.05) is 36.0 Å². The van der Waals surface area contributed by atoms with Crippen LogP contribution in [0.25, 0.3) is 0 Å². The van der Waals surface area contributed by atoms with Gasteiger partial charge in [-0.3, -0.25) is 4.79 Å². The normalized spacial score (nSPS) is 10.6. The lowest BCUT2D eigenvalue weighted by Gasteiger charge is -2.09. The van der Waals surface area contributed by atoms with Gasteiger partial charge in [-0.05, 0) is 59.7 Å². The van der Waals surface area contributed by atoms with E-state index >= 15 is 0 Å². The fourth-order valence-electron chi connectivity index (χ4n) is 3.19. The van der Waals surface area contributed by atoms with Gasteiger partial charge < -0.3 is 21.1 Å². The van der Waals surface area contributed by atoms with Crippen molar-refractivity contribution in [3.63, 3.8) is 0 Å². The molecule has 1 heterocycles. The number of rotatable bonds is 9. The molecule has 0 aliphatic rings. The lowest BCUT2D eigenvalue weighted by Crippen LogP contribution is -2.13. The van der Waals surface area contributed by atoms with Crippen molar-refractivity contribution in [1.29, 1.82) is 0 Å². The summed E-state index contributed by atoms with van der Waals surface area (Å²) in [6.07, 6.45) is 1.72.